The van der Waals surface area contributed by atoms with Gasteiger partial charge in [0, 0.05) is 11.3 Å². The minimum absolute atomic E-state index is 0.254. The molecule has 0 spiro atoms. The van der Waals surface area contributed by atoms with Crippen molar-refractivity contribution >= 4 is 29.4 Å². The highest BCUT2D eigenvalue weighted by Crippen LogP contribution is 2.15. The molecule has 2 aromatic rings. The molecule has 0 aliphatic heterocycles. The van der Waals surface area contributed by atoms with Gasteiger partial charge in [-0.25, -0.2) is 13.6 Å². The van der Waals surface area contributed by atoms with Crippen LogP contribution in [0.25, 0.3) is 0 Å². The predicted octanol–water partition coefficient (Wildman–Crippen LogP) is 2.39. The van der Waals surface area contributed by atoms with Gasteiger partial charge in [-0.15, -0.1) is 0 Å². The van der Waals surface area contributed by atoms with Crippen molar-refractivity contribution in [3.8, 4) is 0 Å². The molecule has 4 N–H and O–H groups in total. The number of ether oxygens (including phenoxy) is 1. The van der Waals surface area contributed by atoms with Crippen molar-refractivity contribution in [3.05, 3.63) is 65.2 Å². The van der Waals surface area contributed by atoms with Crippen LogP contribution in [-0.2, 0) is 14.3 Å². The first-order chi connectivity index (χ1) is 15.0. The molecule has 8 nitrogen and oxygen atoms in total. The van der Waals surface area contributed by atoms with Gasteiger partial charge in [0.05, 0.1) is 0 Å². The number of carbonyl (C=O) groups is 4. The monoisotopic (exact) mass is 447 g/mol. The molecule has 0 heterocycles. The van der Waals surface area contributed by atoms with Crippen molar-refractivity contribution in [3.63, 3.8) is 0 Å². The minimum atomic E-state index is -1.26. The van der Waals surface area contributed by atoms with Gasteiger partial charge in [0.2, 0.25) is 5.91 Å². The van der Waals surface area contributed by atoms with Crippen molar-refractivity contribution in [2.75, 3.05) is 5.32 Å². The first-order valence-corrected chi connectivity index (χ1v) is 9.67. The third-order valence-corrected chi connectivity index (χ3v) is 4.50. The van der Waals surface area contributed by atoms with E-state index >= 15 is 0 Å². The number of anilines is 1. The summed E-state index contributed by atoms with van der Waals surface area (Å²) in [5.41, 5.74) is 4.92. The quantitative estimate of drug-likeness (QED) is 0.536. The molecular weight excluding hydrogens is 424 g/mol. The van der Waals surface area contributed by atoms with Gasteiger partial charge >= 0.3 is 5.97 Å². The third kappa shape index (κ3) is 6.10. The summed E-state index contributed by atoms with van der Waals surface area (Å²) in [6, 6.07) is 7.43. The number of carbonyl (C=O) groups excluding carboxylic acids is 4. The van der Waals surface area contributed by atoms with Crippen molar-refractivity contribution in [1.29, 1.82) is 0 Å². The van der Waals surface area contributed by atoms with Crippen LogP contribution in [0.2, 0.25) is 0 Å². The predicted molar refractivity (Wildman–Crippen MR) is 112 cm³/mol. The van der Waals surface area contributed by atoms with Gasteiger partial charge in [-0.05, 0) is 49.2 Å². The lowest BCUT2D eigenvalue weighted by atomic mass is 10.0. The van der Waals surface area contributed by atoms with Crippen LogP contribution in [0.3, 0.4) is 0 Å². The smallest absolute Gasteiger partial charge is 0.329 e. The van der Waals surface area contributed by atoms with E-state index in [1.807, 2.05) is 0 Å². The number of halogens is 2. The molecular formula is C22H23F2N3O5. The molecule has 0 aliphatic carbocycles. The van der Waals surface area contributed by atoms with E-state index in [2.05, 4.69) is 10.6 Å². The molecule has 0 unspecified atom stereocenters. The lowest BCUT2D eigenvalue weighted by molar-refractivity contribution is -0.156. The number of nitrogens with two attached hydrogens (primary N) is 1. The number of primary amides is 1. The number of nitrogens with one attached hydrogen (secondary N) is 2. The zero-order chi connectivity index (χ0) is 24.0. The first-order valence-electron chi connectivity index (χ1n) is 9.67. The fourth-order valence-corrected chi connectivity index (χ4v) is 2.69. The Kier molecular flexibility index (Phi) is 8.00. The van der Waals surface area contributed by atoms with Gasteiger partial charge in [-0.3, -0.25) is 14.4 Å². The Hall–Kier alpha value is -3.82. The molecule has 0 radical (unpaired) electrons. The first kappa shape index (κ1) is 24.4. The summed E-state index contributed by atoms with van der Waals surface area (Å²) in [5, 5.41) is 4.76. The van der Waals surface area contributed by atoms with Gasteiger partial charge in [0.25, 0.3) is 11.8 Å². The highest BCUT2D eigenvalue weighted by atomic mass is 19.1. The van der Waals surface area contributed by atoms with E-state index in [0.717, 1.165) is 18.2 Å². The maximum absolute atomic E-state index is 13.9. The summed E-state index contributed by atoms with van der Waals surface area (Å²) in [5.74, 6) is -6.01. The molecule has 2 aromatic carbocycles. The van der Waals surface area contributed by atoms with Gasteiger partial charge in [0.1, 0.15) is 23.2 Å². The minimum Gasteiger partial charge on any atom is -0.451 e. The summed E-state index contributed by atoms with van der Waals surface area (Å²) in [4.78, 5) is 48.3. The Morgan fingerprint density at radius 2 is 1.50 bits per heavy atom. The van der Waals surface area contributed by atoms with Crippen molar-refractivity contribution < 1.29 is 32.7 Å². The molecule has 32 heavy (non-hydrogen) atoms. The van der Waals surface area contributed by atoms with Crippen LogP contribution in [0, 0.1) is 17.6 Å². The molecule has 170 valence electrons. The van der Waals surface area contributed by atoms with Crippen LogP contribution >= 0.6 is 0 Å². The van der Waals surface area contributed by atoms with Gasteiger partial charge in [-0.1, -0.05) is 19.9 Å². The summed E-state index contributed by atoms with van der Waals surface area (Å²) in [7, 11) is 0. The Morgan fingerprint density at radius 1 is 0.938 bits per heavy atom. The fourth-order valence-electron chi connectivity index (χ4n) is 2.69. The van der Waals surface area contributed by atoms with E-state index in [9.17, 15) is 28.0 Å². The largest absolute Gasteiger partial charge is 0.451 e. The maximum atomic E-state index is 13.9. The zero-order valence-electron chi connectivity index (χ0n) is 17.6. The summed E-state index contributed by atoms with van der Waals surface area (Å²) in [6.45, 7) is 4.50. The average Bonchev–Trinajstić information content (AvgIpc) is 2.71. The molecule has 10 heteroatoms. The zero-order valence-corrected chi connectivity index (χ0v) is 17.6. The van der Waals surface area contributed by atoms with Crippen LogP contribution in [-0.4, -0.2) is 35.8 Å². The Morgan fingerprint density at radius 3 is 2.00 bits per heavy atom. The highest BCUT2D eigenvalue weighted by Gasteiger charge is 2.30. The van der Waals surface area contributed by atoms with E-state index < -0.39 is 59.0 Å². The van der Waals surface area contributed by atoms with Crippen LogP contribution < -0.4 is 16.4 Å². The standard InChI is InChI=1S/C22H23F2N3O5/c1-11(2)18(27-21(30)17-15(23)5-4-6-16(17)24)22(31)32-12(3)20(29)26-14-9-7-13(8-10-14)19(25)28/h4-12,18H,1-3H3,(H2,25,28)(H,26,29)(H,27,30)/t12-,18+/m0/s1. The van der Waals surface area contributed by atoms with E-state index in [4.69, 9.17) is 10.5 Å². The van der Waals surface area contributed by atoms with Crippen LogP contribution in [0.5, 0.6) is 0 Å². The summed E-state index contributed by atoms with van der Waals surface area (Å²) < 4.78 is 32.8. The van der Waals surface area contributed by atoms with E-state index in [1.165, 1.54) is 31.2 Å². The molecule has 0 fully saturated rings. The van der Waals surface area contributed by atoms with Crippen molar-refractivity contribution in [1.82, 2.24) is 5.32 Å². The maximum Gasteiger partial charge on any atom is 0.329 e. The molecule has 0 aromatic heterocycles. The second-order valence-corrected chi connectivity index (χ2v) is 7.30. The molecule has 2 rings (SSSR count). The van der Waals surface area contributed by atoms with Crippen molar-refractivity contribution in [2.45, 2.75) is 32.9 Å². The number of hydrogen-bond acceptors (Lipinski definition) is 5. The normalized spacial score (nSPS) is 12.6. The topological polar surface area (TPSA) is 128 Å². The number of amides is 3. The van der Waals surface area contributed by atoms with E-state index in [1.54, 1.807) is 13.8 Å². The molecule has 3 amide bonds. The second-order valence-electron chi connectivity index (χ2n) is 7.30. The third-order valence-electron chi connectivity index (χ3n) is 4.50. The number of hydrogen-bond donors (Lipinski definition) is 3. The molecule has 2 atom stereocenters. The average molecular weight is 447 g/mol. The van der Waals surface area contributed by atoms with Gasteiger partial charge in [-0.2, -0.15) is 0 Å². The number of esters is 1. The summed E-state index contributed by atoms with van der Waals surface area (Å²) >= 11 is 0. The lowest BCUT2D eigenvalue weighted by Gasteiger charge is -2.23. The Labute approximate surface area is 183 Å². The van der Waals surface area contributed by atoms with Gasteiger partial charge in [0.15, 0.2) is 6.10 Å². The number of rotatable bonds is 8. The molecule has 0 bridgehead atoms. The number of benzene rings is 2. The molecule has 0 saturated heterocycles. The highest BCUT2D eigenvalue weighted by molar-refractivity contribution is 5.99. The SMILES string of the molecule is CC(C)[C@@H](NC(=O)c1c(F)cccc1F)C(=O)O[C@@H](C)C(=O)Nc1ccc(C(N)=O)cc1. The van der Waals surface area contributed by atoms with Crippen LogP contribution in [0.1, 0.15) is 41.5 Å². The van der Waals surface area contributed by atoms with Crippen LogP contribution in [0.15, 0.2) is 42.5 Å². The van der Waals surface area contributed by atoms with Crippen molar-refractivity contribution in [2.24, 2.45) is 11.7 Å². The lowest BCUT2D eigenvalue weighted by Crippen LogP contribution is -2.47. The van der Waals surface area contributed by atoms with Gasteiger partial charge < -0.3 is 21.1 Å². The van der Waals surface area contributed by atoms with E-state index in [-0.39, 0.29) is 5.56 Å². The fraction of sp³-hybridized carbons (Fsp3) is 0.273. The molecule has 0 aliphatic rings. The Bertz CT molecular complexity index is 1000. The second kappa shape index (κ2) is 10.5. The van der Waals surface area contributed by atoms with Crippen LogP contribution in [0.4, 0.5) is 14.5 Å². The Balaban J connectivity index is 2.04. The summed E-state index contributed by atoms with van der Waals surface area (Å²) in [6.07, 6.45) is -1.25. The molecule has 0 saturated carbocycles. The van der Waals surface area contributed by atoms with E-state index in [0.29, 0.717) is 5.69 Å².